The largest absolute Gasteiger partial charge is 0.496 e. The second-order valence-corrected chi connectivity index (χ2v) is 7.93. The van der Waals surface area contributed by atoms with Crippen LogP contribution in [0.25, 0.3) is 6.08 Å². The van der Waals surface area contributed by atoms with Gasteiger partial charge in [-0.15, -0.1) is 0 Å². The Morgan fingerprint density at radius 2 is 1.69 bits per heavy atom. The average molecular weight is 507 g/mol. The summed E-state index contributed by atoms with van der Waals surface area (Å²) >= 11 is 0. The number of carbonyl (C=O) groups excluding carboxylic acids is 1. The quantitative estimate of drug-likeness (QED) is 0.168. The molecule has 0 radical (unpaired) electrons. The van der Waals surface area contributed by atoms with Crippen molar-refractivity contribution in [2.45, 2.75) is 37.1 Å². The molecule has 1 fully saturated rings. The van der Waals surface area contributed by atoms with Crippen LogP contribution in [0.3, 0.4) is 0 Å². The Morgan fingerprint density at radius 1 is 0.944 bits per heavy atom. The van der Waals surface area contributed by atoms with Gasteiger partial charge in [-0.25, -0.2) is 4.79 Å². The SMILES string of the molecule is COc1cc(OC(=O)C=Cc2ccc(O[C@@H]3O[C@H](CO)[C@H](O)[C@H](O)[C@H]3O)c(OC)c2)ccc1CCO. The van der Waals surface area contributed by atoms with E-state index in [2.05, 4.69) is 0 Å². The molecule has 36 heavy (non-hydrogen) atoms. The van der Waals surface area contributed by atoms with Gasteiger partial charge in [-0.2, -0.15) is 0 Å². The third-order valence-electron chi connectivity index (χ3n) is 5.55. The zero-order chi connectivity index (χ0) is 26.2. The molecule has 0 aliphatic carbocycles. The number of methoxy groups -OCH3 is 2. The summed E-state index contributed by atoms with van der Waals surface area (Å²) in [6.45, 7) is -0.616. The van der Waals surface area contributed by atoms with E-state index in [4.69, 9.17) is 28.8 Å². The average Bonchev–Trinajstić information content (AvgIpc) is 2.89. The number of hydrogen-bond acceptors (Lipinski definition) is 11. The van der Waals surface area contributed by atoms with E-state index < -0.39 is 43.3 Å². The van der Waals surface area contributed by atoms with E-state index in [0.29, 0.717) is 17.7 Å². The molecule has 0 spiro atoms. The number of carbonyl (C=O) groups is 1. The standard InChI is InChI=1S/C25H30O11/c1-32-18-12-16(6-5-15(18)9-10-26)34-21(28)8-4-14-3-7-17(19(11-14)33-2)35-25-24(31)23(30)22(29)20(13-27)36-25/h3-8,11-12,20,22-27,29-31H,9-10,13H2,1-2H3/t20-,22+,23+,24-,25-/m1/s1. The molecule has 5 N–H and O–H groups in total. The van der Waals surface area contributed by atoms with Gasteiger partial charge in [-0.05, 0) is 41.8 Å². The van der Waals surface area contributed by atoms with Crippen molar-refractivity contribution in [2.75, 3.05) is 27.4 Å². The van der Waals surface area contributed by atoms with Crippen molar-refractivity contribution in [3.8, 4) is 23.0 Å². The summed E-state index contributed by atoms with van der Waals surface area (Å²) < 4.78 is 26.9. The second-order valence-electron chi connectivity index (χ2n) is 7.93. The molecular formula is C25H30O11. The van der Waals surface area contributed by atoms with Gasteiger partial charge in [0, 0.05) is 18.7 Å². The van der Waals surface area contributed by atoms with Crippen LogP contribution in [0.5, 0.6) is 23.0 Å². The minimum Gasteiger partial charge on any atom is -0.496 e. The molecule has 3 rings (SSSR count). The first-order valence-electron chi connectivity index (χ1n) is 11.1. The lowest BCUT2D eigenvalue weighted by molar-refractivity contribution is -0.277. The number of esters is 1. The number of aliphatic hydroxyl groups is 5. The molecule has 5 atom stereocenters. The van der Waals surface area contributed by atoms with Crippen LogP contribution in [0.4, 0.5) is 0 Å². The highest BCUT2D eigenvalue weighted by Gasteiger charge is 2.44. The zero-order valence-electron chi connectivity index (χ0n) is 19.8. The van der Waals surface area contributed by atoms with Gasteiger partial charge in [0.25, 0.3) is 0 Å². The van der Waals surface area contributed by atoms with Crippen molar-refractivity contribution in [2.24, 2.45) is 0 Å². The van der Waals surface area contributed by atoms with E-state index >= 15 is 0 Å². The van der Waals surface area contributed by atoms with Crippen molar-refractivity contribution in [1.82, 2.24) is 0 Å². The van der Waals surface area contributed by atoms with Crippen LogP contribution in [-0.4, -0.2) is 89.6 Å². The van der Waals surface area contributed by atoms with Gasteiger partial charge in [-0.1, -0.05) is 12.1 Å². The molecule has 11 heteroatoms. The van der Waals surface area contributed by atoms with Crippen molar-refractivity contribution in [3.63, 3.8) is 0 Å². The van der Waals surface area contributed by atoms with E-state index in [1.807, 2.05) is 0 Å². The van der Waals surface area contributed by atoms with Crippen LogP contribution in [-0.2, 0) is 16.0 Å². The first kappa shape index (κ1) is 27.4. The maximum Gasteiger partial charge on any atom is 0.336 e. The maximum absolute atomic E-state index is 12.3. The lowest BCUT2D eigenvalue weighted by Gasteiger charge is -2.39. The van der Waals surface area contributed by atoms with Gasteiger partial charge in [0.15, 0.2) is 11.5 Å². The Bertz CT molecular complexity index is 1050. The molecule has 1 aliphatic heterocycles. The van der Waals surface area contributed by atoms with Crippen LogP contribution in [0.15, 0.2) is 42.5 Å². The number of ether oxygens (including phenoxy) is 5. The van der Waals surface area contributed by atoms with Crippen LogP contribution < -0.4 is 18.9 Å². The molecule has 1 heterocycles. The van der Waals surface area contributed by atoms with E-state index in [1.165, 1.54) is 32.4 Å². The predicted molar refractivity (Wildman–Crippen MR) is 126 cm³/mol. The lowest BCUT2D eigenvalue weighted by atomic mass is 9.99. The molecule has 0 amide bonds. The maximum atomic E-state index is 12.3. The number of benzene rings is 2. The Labute approximate surface area is 207 Å². The smallest absolute Gasteiger partial charge is 0.336 e. The van der Waals surface area contributed by atoms with Crippen LogP contribution in [0, 0.1) is 0 Å². The third kappa shape index (κ3) is 6.52. The Balaban J connectivity index is 1.67. The van der Waals surface area contributed by atoms with Gasteiger partial charge in [0.2, 0.25) is 6.29 Å². The number of hydrogen-bond donors (Lipinski definition) is 5. The molecule has 2 aromatic carbocycles. The highest BCUT2D eigenvalue weighted by Crippen LogP contribution is 2.32. The van der Waals surface area contributed by atoms with Gasteiger partial charge in [-0.3, -0.25) is 0 Å². The van der Waals surface area contributed by atoms with Crippen LogP contribution in [0.1, 0.15) is 11.1 Å². The first-order valence-corrected chi connectivity index (χ1v) is 11.1. The zero-order valence-corrected chi connectivity index (χ0v) is 19.8. The minimum absolute atomic E-state index is 0.0337. The first-order chi connectivity index (χ1) is 17.3. The van der Waals surface area contributed by atoms with E-state index in [-0.39, 0.29) is 23.9 Å². The van der Waals surface area contributed by atoms with E-state index in [1.54, 1.807) is 30.3 Å². The summed E-state index contributed by atoms with van der Waals surface area (Å²) in [5, 5.41) is 48.5. The topological polar surface area (TPSA) is 164 Å². The molecule has 0 unspecified atom stereocenters. The third-order valence-corrected chi connectivity index (χ3v) is 5.55. The summed E-state index contributed by atoms with van der Waals surface area (Å²) in [5.41, 5.74) is 1.36. The summed E-state index contributed by atoms with van der Waals surface area (Å²) in [7, 11) is 2.88. The molecule has 1 saturated heterocycles. The molecule has 196 valence electrons. The summed E-state index contributed by atoms with van der Waals surface area (Å²) in [6, 6.07) is 9.56. The summed E-state index contributed by atoms with van der Waals surface area (Å²) in [4.78, 5) is 12.3. The Morgan fingerprint density at radius 3 is 2.36 bits per heavy atom. The van der Waals surface area contributed by atoms with E-state index in [0.717, 1.165) is 5.56 Å². The monoisotopic (exact) mass is 506 g/mol. The van der Waals surface area contributed by atoms with Crippen molar-refractivity contribution in [3.05, 3.63) is 53.6 Å². The Hall–Kier alpha value is -3.19. The fourth-order valence-corrected chi connectivity index (χ4v) is 3.60. The normalized spacial score (nSPS) is 23.9. The van der Waals surface area contributed by atoms with E-state index in [9.17, 15) is 25.2 Å². The minimum atomic E-state index is -1.58. The van der Waals surface area contributed by atoms with Crippen LogP contribution >= 0.6 is 0 Å². The summed E-state index contributed by atoms with van der Waals surface area (Å²) in [5.74, 6) is 0.554. The molecule has 0 aromatic heterocycles. The van der Waals surface area contributed by atoms with Crippen LogP contribution in [0.2, 0.25) is 0 Å². The molecule has 11 nitrogen and oxygen atoms in total. The van der Waals surface area contributed by atoms with Gasteiger partial charge >= 0.3 is 5.97 Å². The van der Waals surface area contributed by atoms with Crippen molar-refractivity contribution >= 4 is 12.0 Å². The van der Waals surface area contributed by atoms with Gasteiger partial charge in [0.05, 0.1) is 20.8 Å². The molecule has 2 aromatic rings. The number of rotatable bonds is 10. The predicted octanol–water partition coefficient (Wildman–Crippen LogP) is 0.0361. The highest BCUT2D eigenvalue weighted by atomic mass is 16.7. The van der Waals surface area contributed by atoms with Gasteiger partial charge < -0.3 is 49.2 Å². The Kier molecular flexibility index (Phi) is 9.65. The fourth-order valence-electron chi connectivity index (χ4n) is 3.60. The molecule has 1 aliphatic rings. The second kappa shape index (κ2) is 12.7. The summed E-state index contributed by atoms with van der Waals surface area (Å²) in [6.07, 6.45) is -4.00. The van der Waals surface area contributed by atoms with Gasteiger partial charge in [0.1, 0.15) is 35.9 Å². The lowest BCUT2D eigenvalue weighted by Crippen LogP contribution is -2.60. The van der Waals surface area contributed by atoms with Crippen molar-refractivity contribution in [1.29, 1.82) is 0 Å². The molecular weight excluding hydrogens is 476 g/mol. The highest BCUT2D eigenvalue weighted by molar-refractivity contribution is 5.88. The van der Waals surface area contributed by atoms with Crippen molar-refractivity contribution < 1.29 is 54.0 Å². The fraction of sp³-hybridized carbons (Fsp3) is 0.400. The molecule has 0 saturated carbocycles. The number of aliphatic hydroxyl groups excluding tert-OH is 5. The molecule has 0 bridgehead atoms.